The Morgan fingerprint density at radius 1 is 1.41 bits per heavy atom. The van der Waals surface area contributed by atoms with Gasteiger partial charge in [0.1, 0.15) is 0 Å². The molecule has 1 fully saturated rings. The molecule has 1 saturated heterocycles. The molecule has 0 saturated carbocycles. The minimum absolute atomic E-state index is 0.383. The molecular weight excluding hydrogens is 212 g/mol. The zero-order valence-electron chi connectivity index (χ0n) is 10.4. The summed E-state index contributed by atoms with van der Waals surface area (Å²) in [4.78, 5) is 2.53. The van der Waals surface area contributed by atoms with Gasteiger partial charge in [0.2, 0.25) is 0 Å². The molecule has 0 bridgehead atoms. The lowest BCUT2D eigenvalue weighted by Crippen LogP contribution is -2.43. The Bertz CT molecular complexity index is 394. The topological polar surface area (TPSA) is 24.5 Å². The second-order valence-electron chi connectivity index (χ2n) is 5.11. The first kappa shape index (κ1) is 11.1. The molecule has 1 aromatic rings. The Balaban J connectivity index is 1.67. The molecule has 2 heterocycles. The van der Waals surface area contributed by atoms with Gasteiger partial charge in [-0.3, -0.25) is 4.90 Å². The van der Waals surface area contributed by atoms with E-state index in [4.69, 9.17) is 4.74 Å². The van der Waals surface area contributed by atoms with Gasteiger partial charge >= 0.3 is 0 Å². The number of benzene rings is 1. The van der Waals surface area contributed by atoms with Gasteiger partial charge in [0, 0.05) is 37.8 Å². The van der Waals surface area contributed by atoms with Gasteiger partial charge in [0.25, 0.3) is 0 Å². The first-order valence-electron chi connectivity index (χ1n) is 6.49. The Morgan fingerprint density at radius 2 is 2.29 bits per heavy atom. The summed E-state index contributed by atoms with van der Waals surface area (Å²) in [6.45, 7) is 7.40. The number of fused-ring (bicyclic) bond motifs is 1. The van der Waals surface area contributed by atoms with E-state index < -0.39 is 0 Å². The van der Waals surface area contributed by atoms with Crippen LogP contribution in [0.1, 0.15) is 18.4 Å². The summed E-state index contributed by atoms with van der Waals surface area (Å²) >= 11 is 0. The molecule has 3 heteroatoms. The van der Waals surface area contributed by atoms with Crippen molar-refractivity contribution in [1.29, 1.82) is 0 Å². The summed E-state index contributed by atoms with van der Waals surface area (Å²) in [6.07, 6.45) is 0.383. The number of rotatable bonds is 2. The molecule has 1 N–H and O–H groups in total. The van der Waals surface area contributed by atoms with Crippen LogP contribution in [0.2, 0.25) is 0 Å². The van der Waals surface area contributed by atoms with Crippen molar-refractivity contribution in [2.45, 2.75) is 18.9 Å². The van der Waals surface area contributed by atoms with Gasteiger partial charge < -0.3 is 10.1 Å². The highest BCUT2D eigenvalue weighted by molar-refractivity contribution is 5.57. The highest BCUT2D eigenvalue weighted by atomic mass is 16.5. The van der Waals surface area contributed by atoms with Crippen molar-refractivity contribution in [2.24, 2.45) is 0 Å². The number of nitrogens with zero attached hydrogens (tertiary/aromatic N) is 1. The van der Waals surface area contributed by atoms with Gasteiger partial charge in [0.15, 0.2) is 0 Å². The van der Waals surface area contributed by atoms with Crippen LogP contribution in [0.4, 0.5) is 5.69 Å². The third-order valence-electron chi connectivity index (χ3n) is 3.74. The number of nitrogens with one attached hydrogen (secondary N) is 1. The highest BCUT2D eigenvalue weighted by Crippen LogP contribution is 2.31. The lowest BCUT2D eigenvalue weighted by molar-refractivity contribution is -0.0195. The number of anilines is 1. The summed E-state index contributed by atoms with van der Waals surface area (Å²) in [7, 11) is 0. The maximum absolute atomic E-state index is 5.58. The quantitative estimate of drug-likeness (QED) is 0.843. The zero-order chi connectivity index (χ0) is 11.7. The van der Waals surface area contributed by atoms with Gasteiger partial charge in [-0.05, 0) is 18.6 Å². The molecule has 1 aromatic carbocycles. The molecule has 0 amide bonds. The average Bonchev–Trinajstić information content (AvgIpc) is 2.73. The number of hydrogen-bond acceptors (Lipinski definition) is 3. The lowest BCUT2D eigenvalue weighted by Gasteiger charge is -2.32. The lowest BCUT2D eigenvalue weighted by atomic mass is 10.0. The van der Waals surface area contributed by atoms with E-state index in [0.29, 0.717) is 12.0 Å². The molecule has 92 valence electrons. The van der Waals surface area contributed by atoms with Crippen LogP contribution in [-0.2, 0) is 4.74 Å². The van der Waals surface area contributed by atoms with Gasteiger partial charge in [0.05, 0.1) is 12.7 Å². The molecule has 3 rings (SSSR count). The third-order valence-corrected chi connectivity index (χ3v) is 3.74. The number of ether oxygens (including phenoxy) is 1. The van der Waals surface area contributed by atoms with Crippen LogP contribution >= 0.6 is 0 Å². The largest absolute Gasteiger partial charge is 0.384 e. The molecule has 2 unspecified atom stereocenters. The Labute approximate surface area is 103 Å². The van der Waals surface area contributed by atoms with E-state index in [1.54, 1.807) is 0 Å². The van der Waals surface area contributed by atoms with Crippen molar-refractivity contribution in [2.75, 3.05) is 38.1 Å². The highest BCUT2D eigenvalue weighted by Gasteiger charge is 2.25. The number of para-hydroxylation sites is 1. The molecule has 0 aromatic heterocycles. The Hall–Kier alpha value is -1.06. The first-order valence-corrected chi connectivity index (χ1v) is 6.49. The second kappa shape index (κ2) is 4.67. The van der Waals surface area contributed by atoms with Crippen molar-refractivity contribution < 1.29 is 4.74 Å². The van der Waals surface area contributed by atoms with E-state index in [9.17, 15) is 0 Å². The van der Waals surface area contributed by atoms with Crippen molar-refractivity contribution in [1.82, 2.24) is 4.90 Å². The van der Waals surface area contributed by atoms with E-state index in [2.05, 4.69) is 41.4 Å². The van der Waals surface area contributed by atoms with Gasteiger partial charge in [-0.25, -0.2) is 0 Å². The van der Waals surface area contributed by atoms with Crippen molar-refractivity contribution >= 4 is 5.69 Å². The third kappa shape index (κ3) is 2.31. The maximum atomic E-state index is 5.58. The molecule has 2 aliphatic heterocycles. The predicted molar refractivity (Wildman–Crippen MR) is 69.5 cm³/mol. The summed E-state index contributed by atoms with van der Waals surface area (Å²) < 4.78 is 5.58. The Kier molecular flexibility index (Phi) is 3.04. The molecular formula is C14H20N2O. The first-order chi connectivity index (χ1) is 8.33. The van der Waals surface area contributed by atoms with E-state index in [1.165, 1.54) is 11.3 Å². The molecule has 2 aliphatic rings. The van der Waals surface area contributed by atoms with Gasteiger partial charge in [-0.15, -0.1) is 0 Å². The van der Waals surface area contributed by atoms with Crippen molar-refractivity contribution in [3.8, 4) is 0 Å². The van der Waals surface area contributed by atoms with Crippen LogP contribution in [0.25, 0.3) is 0 Å². The van der Waals surface area contributed by atoms with E-state index in [1.807, 2.05) is 0 Å². The molecule has 0 radical (unpaired) electrons. The van der Waals surface area contributed by atoms with Gasteiger partial charge in [-0.1, -0.05) is 18.2 Å². The van der Waals surface area contributed by atoms with Crippen LogP contribution in [0.3, 0.4) is 0 Å². The van der Waals surface area contributed by atoms with Crippen LogP contribution < -0.4 is 5.32 Å². The minimum Gasteiger partial charge on any atom is -0.384 e. The SMILES string of the molecule is CC1CN(CC2CNc3ccccc32)CCO1. The fraction of sp³-hybridized carbons (Fsp3) is 0.571. The van der Waals surface area contributed by atoms with E-state index in [0.717, 1.165) is 32.8 Å². The van der Waals surface area contributed by atoms with Crippen molar-refractivity contribution in [3.63, 3.8) is 0 Å². The average molecular weight is 232 g/mol. The van der Waals surface area contributed by atoms with E-state index in [-0.39, 0.29) is 0 Å². The molecule has 17 heavy (non-hydrogen) atoms. The monoisotopic (exact) mass is 232 g/mol. The molecule has 2 atom stereocenters. The molecule has 0 spiro atoms. The van der Waals surface area contributed by atoms with Crippen LogP contribution in [0, 0.1) is 0 Å². The summed E-state index contributed by atoms with van der Waals surface area (Å²) in [5.41, 5.74) is 2.80. The zero-order valence-corrected chi connectivity index (χ0v) is 10.4. The van der Waals surface area contributed by atoms with Gasteiger partial charge in [-0.2, -0.15) is 0 Å². The normalized spacial score (nSPS) is 28.8. The minimum atomic E-state index is 0.383. The second-order valence-corrected chi connectivity index (χ2v) is 5.11. The van der Waals surface area contributed by atoms with Crippen molar-refractivity contribution in [3.05, 3.63) is 29.8 Å². The summed E-state index contributed by atoms with van der Waals surface area (Å²) in [6, 6.07) is 8.67. The summed E-state index contributed by atoms with van der Waals surface area (Å²) in [5, 5.41) is 3.49. The van der Waals surface area contributed by atoms with Crippen LogP contribution in [0.15, 0.2) is 24.3 Å². The molecule has 0 aliphatic carbocycles. The fourth-order valence-corrected chi connectivity index (χ4v) is 2.89. The maximum Gasteiger partial charge on any atom is 0.0674 e. The smallest absolute Gasteiger partial charge is 0.0674 e. The standard InChI is InChI=1S/C14H20N2O/c1-11-9-16(6-7-17-11)10-12-8-15-14-5-3-2-4-13(12)14/h2-5,11-12,15H,6-10H2,1H3. The van der Waals surface area contributed by atoms with Crippen LogP contribution in [-0.4, -0.2) is 43.8 Å². The number of hydrogen-bond donors (Lipinski definition) is 1. The van der Waals surface area contributed by atoms with Crippen LogP contribution in [0.5, 0.6) is 0 Å². The number of morpholine rings is 1. The summed E-state index contributed by atoms with van der Waals surface area (Å²) in [5.74, 6) is 0.636. The Morgan fingerprint density at radius 3 is 3.18 bits per heavy atom. The predicted octanol–water partition coefficient (Wildman–Crippen LogP) is 1.92. The molecule has 3 nitrogen and oxygen atoms in total. The fourth-order valence-electron chi connectivity index (χ4n) is 2.89. The van der Waals surface area contributed by atoms with E-state index >= 15 is 0 Å².